The third-order valence-corrected chi connectivity index (χ3v) is 11.4. The zero-order valence-electron chi connectivity index (χ0n) is 45.8. The number of Topliss-reactive ketones (excluding diaryl/α,β-unsaturated/α-hetero) is 1. The average molecular weight is 1020 g/mol. The van der Waals surface area contributed by atoms with Crippen LogP contribution in [0.3, 0.4) is 0 Å². The monoisotopic (exact) mass is 1020 g/mol. The molecule has 1 atom stereocenters. The summed E-state index contributed by atoms with van der Waals surface area (Å²) < 4.78 is 49.9. The summed E-state index contributed by atoms with van der Waals surface area (Å²) in [5.74, 6) is -0.290. The van der Waals surface area contributed by atoms with Gasteiger partial charge in [0.25, 0.3) is 21.9 Å². The van der Waals surface area contributed by atoms with E-state index in [1.807, 2.05) is 114 Å². The van der Waals surface area contributed by atoms with Gasteiger partial charge in [0.1, 0.15) is 5.25 Å². The average Bonchev–Trinajstić information content (AvgIpc) is 3.70. The van der Waals surface area contributed by atoms with Gasteiger partial charge in [-0.2, -0.15) is 8.42 Å². The summed E-state index contributed by atoms with van der Waals surface area (Å²) >= 11 is 0. The minimum atomic E-state index is -4.35. The van der Waals surface area contributed by atoms with E-state index in [2.05, 4.69) is 75.6 Å². The van der Waals surface area contributed by atoms with Gasteiger partial charge < -0.3 is 24.8 Å². The number of rotatable bonds is 22. The molecule has 3 N–H and O–H groups in total. The molecule has 3 aromatic carbocycles. The van der Waals surface area contributed by atoms with Crippen molar-refractivity contribution in [3.8, 4) is 0 Å². The van der Waals surface area contributed by atoms with Gasteiger partial charge in [-0.3, -0.25) is 23.6 Å². The molecule has 1 unspecified atom stereocenters. The molecule has 2 amide bonds. The Labute approximate surface area is 434 Å². The van der Waals surface area contributed by atoms with Gasteiger partial charge in [0.05, 0.1) is 38.7 Å². The zero-order valence-corrected chi connectivity index (χ0v) is 46.6. The van der Waals surface area contributed by atoms with Crippen LogP contribution in [0, 0.1) is 24.7 Å². The molecule has 406 valence electrons. The largest absolute Gasteiger partial charge is 0.379 e. The first-order valence-electron chi connectivity index (χ1n) is 25.0. The van der Waals surface area contributed by atoms with Crippen LogP contribution >= 0.6 is 0 Å². The summed E-state index contributed by atoms with van der Waals surface area (Å²) in [5.41, 5.74) is 6.61. The minimum absolute atomic E-state index is 0. The Kier molecular flexibility index (Phi) is 31.6. The standard InChI is InChI=1S/C20H33NO4.C14H20O4S.C12H17NO.C10H19N3.CH4/c1-17-5-7-18(8-6-17)19(22)21-10-12-24-14-16-25-15-13-23-11-9-20(2,3)4;1-4-5-13(19(16,17)18)14(15)12-8-6-11(7-9-12)10(2)3;1-9-5-7-10(8-6-9)11(14)13-12(2,3)4;1-5-6-13-8-9(11-12-13)7-10(2,3)4;/h5-8H,9-16H2,1-4H3,(H,21,22);6-10,13H,4-5H2,1-3H3,(H,16,17,18);5-8H,1-4H3,(H,13,14);8H,5-7H2,1-4H3;1H4. The van der Waals surface area contributed by atoms with Crippen molar-refractivity contribution < 1.29 is 41.6 Å². The fourth-order valence-electron chi connectivity index (χ4n) is 6.28. The van der Waals surface area contributed by atoms with Crippen LogP contribution in [0.1, 0.15) is 182 Å². The molecular weight excluding hydrogens is 931 g/mol. The summed E-state index contributed by atoms with van der Waals surface area (Å²) in [4.78, 5) is 35.7. The smallest absolute Gasteiger partial charge is 0.275 e. The van der Waals surface area contributed by atoms with Crippen LogP contribution in [0.2, 0.25) is 0 Å². The van der Waals surface area contributed by atoms with E-state index in [1.165, 1.54) is 0 Å². The quantitative estimate of drug-likeness (QED) is 0.0386. The third kappa shape index (κ3) is 31.6. The molecule has 0 spiro atoms. The molecule has 0 saturated carbocycles. The van der Waals surface area contributed by atoms with E-state index in [9.17, 15) is 22.8 Å². The Balaban J connectivity index is 0.000000960. The molecule has 0 aliphatic carbocycles. The number of nitrogens with zero attached hydrogens (tertiary/aromatic N) is 3. The van der Waals surface area contributed by atoms with E-state index < -0.39 is 21.2 Å². The van der Waals surface area contributed by atoms with Crippen molar-refractivity contribution in [2.45, 2.75) is 167 Å². The van der Waals surface area contributed by atoms with Crippen LogP contribution in [0.15, 0.2) is 79.0 Å². The predicted molar refractivity (Wildman–Crippen MR) is 294 cm³/mol. The lowest BCUT2D eigenvalue weighted by molar-refractivity contribution is 0.0109. The van der Waals surface area contributed by atoms with Crippen LogP contribution < -0.4 is 10.6 Å². The topological polar surface area (TPSA) is 188 Å². The summed E-state index contributed by atoms with van der Waals surface area (Å²) in [7, 11) is -4.35. The van der Waals surface area contributed by atoms with E-state index in [4.69, 9.17) is 18.8 Å². The predicted octanol–water partition coefficient (Wildman–Crippen LogP) is 11.7. The summed E-state index contributed by atoms with van der Waals surface area (Å²) in [6.45, 7) is 36.1. The lowest BCUT2D eigenvalue weighted by atomic mass is 9.91. The molecule has 4 rings (SSSR count). The molecular formula is C57H93N5O9S. The number of aromatic nitrogens is 3. The number of carbonyl (C=O) groups excluding carboxylic acids is 3. The van der Waals surface area contributed by atoms with Crippen molar-refractivity contribution in [2.75, 3.05) is 46.2 Å². The van der Waals surface area contributed by atoms with Gasteiger partial charge in [0.2, 0.25) is 0 Å². The number of ketones is 1. The highest BCUT2D eigenvalue weighted by molar-refractivity contribution is 7.87. The van der Waals surface area contributed by atoms with Gasteiger partial charge in [-0.1, -0.05) is 148 Å². The first-order valence-corrected chi connectivity index (χ1v) is 26.5. The second kappa shape index (κ2) is 33.8. The third-order valence-electron chi connectivity index (χ3n) is 10.2. The Morgan fingerprint density at radius 3 is 1.57 bits per heavy atom. The van der Waals surface area contributed by atoms with Crippen molar-refractivity contribution in [2.24, 2.45) is 10.8 Å². The van der Waals surface area contributed by atoms with Crippen molar-refractivity contribution in [1.82, 2.24) is 25.6 Å². The number of benzene rings is 3. The molecule has 0 radical (unpaired) electrons. The van der Waals surface area contributed by atoms with Gasteiger partial charge >= 0.3 is 0 Å². The lowest BCUT2D eigenvalue weighted by Crippen LogP contribution is -2.40. The molecule has 0 fully saturated rings. The van der Waals surface area contributed by atoms with Crippen LogP contribution in [0.5, 0.6) is 0 Å². The van der Waals surface area contributed by atoms with Crippen LogP contribution in [0.25, 0.3) is 0 Å². The van der Waals surface area contributed by atoms with E-state index in [1.54, 1.807) is 19.1 Å². The normalized spacial score (nSPS) is 11.9. The molecule has 1 aromatic heterocycles. The molecule has 0 aliphatic rings. The minimum Gasteiger partial charge on any atom is -0.379 e. The summed E-state index contributed by atoms with van der Waals surface area (Å²) in [6, 6.07) is 21.9. The first-order chi connectivity index (χ1) is 33.0. The summed E-state index contributed by atoms with van der Waals surface area (Å²) in [5, 5.41) is 12.6. The molecule has 0 aliphatic heterocycles. The Morgan fingerprint density at radius 1 is 0.667 bits per heavy atom. The number of ether oxygens (including phenoxy) is 3. The highest BCUT2D eigenvalue weighted by Crippen LogP contribution is 2.20. The van der Waals surface area contributed by atoms with Crippen molar-refractivity contribution in [1.29, 1.82) is 0 Å². The maximum Gasteiger partial charge on any atom is 0.275 e. The van der Waals surface area contributed by atoms with Crippen molar-refractivity contribution in [3.63, 3.8) is 0 Å². The number of hydrogen-bond donors (Lipinski definition) is 3. The molecule has 14 nitrogen and oxygen atoms in total. The molecule has 0 bridgehead atoms. The second-order valence-corrected chi connectivity index (χ2v) is 23.1. The molecule has 15 heteroatoms. The highest BCUT2D eigenvalue weighted by Gasteiger charge is 2.30. The van der Waals surface area contributed by atoms with Crippen LogP contribution in [0.4, 0.5) is 0 Å². The van der Waals surface area contributed by atoms with Crippen LogP contribution in [-0.2, 0) is 37.3 Å². The number of carbonyl (C=O) groups is 3. The van der Waals surface area contributed by atoms with E-state index in [0.717, 1.165) is 54.8 Å². The van der Waals surface area contributed by atoms with Gasteiger partial charge in [0, 0.05) is 48.1 Å². The Bertz CT molecular complexity index is 2220. The first kappa shape index (κ1) is 67.2. The van der Waals surface area contributed by atoms with Gasteiger partial charge in [-0.25, -0.2) is 0 Å². The molecule has 0 saturated heterocycles. The molecule has 4 aromatic rings. The van der Waals surface area contributed by atoms with Gasteiger partial charge in [-0.15, -0.1) is 5.10 Å². The van der Waals surface area contributed by atoms with Crippen molar-refractivity contribution >= 4 is 27.7 Å². The number of amides is 2. The second-order valence-electron chi connectivity index (χ2n) is 21.5. The van der Waals surface area contributed by atoms with E-state index in [-0.39, 0.29) is 31.2 Å². The maximum absolute atomic E-state index is 12.1. The van der Waals surface area contributed by atoms with E-state index >= 15 is 0 Å². The Morgan fingerprint density at radius 2 is 1.14 bits per heavy atom. The fraction of sp³-hybridized carbons (Fsp3) is 0.596. The fourth-order valence-corrected chi connectivity index (χ4v) is 7.22. The zero-order chi connectivity index (χ0) is 53.8. The lowest BCUT2D eigenvalue weighted by Gasteiger charge is -2.20. The molecule has 1 heterocycles. The number of aryl methyl sites for hydroxylation is 3. The van der Waals surface area contributed by atoms with Crippen LogP contribution in [-0.4, -0.2) is 103 Å². The summed E-state index contributed by atoms with van der Waals surface area (Å²) in [6.07, 6.45) is 5.85. The molecule has 72 heavy (non-hydrogen) atoms. The van der Waals surface area contributed by atoms with E-state index in [0.29, 0.717) is 79.4 Å². The number of hydrogen-bond acceptors (Lipinski definition) is 10. The maximum atomic E-state index is 12.1. The number of nitrogens with one attached hydrogen (secondary N) is 2. The Hall–Kier alpha value is -4.80. The van der Waals surface area contributed by atoms with Crippen molar-refractivity contribution in [3.05, 3.63) is 118 Å². The van der Waals surface area contributed by atoms with Gasteiger partial charge in [-0.05, 0) is 107 Å². The SMILES string of the molecule is C.CCCC(C(=O)c1ccc(C(C)C)cc1)S(=O)(=O)O.CCCn1cc(CC(C)(C)C)nn1.Cc1ccc(C(=O)NC(C)(C)C)cc1.Cc1ccc(C(=O)NCCOCCOCCOCCC(C)(C)C)cc1. The highest BCUT2D eigenvalue weighted by atomic mass is 32.2. The van der Waals surface area contributed by atoms with Gasteiger partial charge in [0.15, 0.2) is 5.78 Å².